The molecule has 0 atom stereocenters. The van der Waals surface area contributed by atoms with Gasteiger partial charge in [-0.2, -0.15) is 0 Å². The van der Waals surface area contributed by atoms with Crippen molar-refractivity contribution in [3.05, 3.63) is 213 Å². The van der Waals surface area contributed by atoms with E-state index >= 15 is 0 Å². The molecule has 448 valence electrons. The van der Waals surface area contributed by atoms with E-state index in [0.29, 0.717) is 89.0 Å². The van der Waals surface area contributed by atoms with Gasteiger partial charge in [-0.1, -0.05) is 126 Å². The molecule has 10 rings (SSSR count). The summed E-state index contributed by atoms with van der Waals surface area (Å²) in [6.45, 7) is 5.02. The molecule has 0 amide bonds. The van der Waals surface area contributed by atoms with E-state index in [0.717, 1.165) is 29.8 Å². The normalized spacial score (nSPS) is 11.7. The molecule has 4 heterocycles. The molecule has 0 saturated carbocycles. The van der Waals surface area contributed by atoms with Crippen molar-refractivity contribution >= 4 is 105 Å². The van der Waals surface area contributed by atoms with E-state index in [2.05, 4.69) is 50.8 Å². The third-order valence-corrected chi connectivity index (χ3v) is 13.4. The largest absolute Gasteiger partial charge is 0.487 e. The summed E-state index contributed by atoms with van der Waals surface area (Å²) in [6.07, 6.45) is 3.72. The number of rotatable bonds is 21. The molecule has 1 fully saturated rings. The second-order valence-electron chi connectivity index (χ2n) is 18.5. The maximum absolute atomic E-state index is 12.7. The first-order valence-corrected chi connectivity index (χ1v) is 27.7. The molecule has 87 heavy (non-hydrogen) atoms. The number of aromatic carboxylic acids is 1. The molecule has 1 aliphatic rings. The number of nitrogens with two attached hydrogens (primary N) is 3. The number of hydrogen-bond acceptors (Lipinski definition) is 22. The third kappa shape index (κ3) is 18.5. The SMILES string of the molecule is COC(=O)c1c(N)ncnc1Nc1ccc(OCc2ccccc2)c(Cl)c1.Nc1ncnc(Nc2ccc(OCc3ccccc3)c(Cl)c2)c1C(=O)O.Nc1ncnc(Nc2ccc(OCc3ccccc3)c(Cl)c2)c1C(=O)OCCN1CCOCC1. The predicted molar refractivity (Wildman–Crippen MR) is 332 cm³/mol. The number of halogens is 3. The van der Waals surface area contributed by atoms with Crippen LogP contribution < -0.4 is 47.4 Å². The fraction of sp³-hybridized carbons (Fsp3) is 0.164. The lowest BCUT2D eigenvalue weighted by Gasteiger charge is -2.26. The highest BCUT2D eigenvalue weighted by Crippen LogP contribution is 2.34. The van der Waals surface area contributed by atoms with Crippen LogP contribution in [-0.4, -0.2) is 104 Å². The summed E-state index contributed by atoms with van der Waals surface area (Å²) in [6, 6.07) is 44.7. The highest BCUT2D eigenvalue weighted by Gasteiger charge is 2.23. The topological polar surface area (TPSA) is 322 Å². The van der Waals surface area contributed by atoms with Gasteiger partial charge in [-0.3, -0.25) is 4.90 Å². The Morgan fingerprint density at radius 1 is 0.517 bits per heavy atom. The van der Waals surface area contributed by atoms with E-state index in [-0.39, 0.29) is 58.2 Å². The van der Waals surface area contributed by atoms with Crippen LogP contribution in [-0.2, 0) is 34.0 Å². The summed E-state index contributed by atoms with van der Waals surface area (Å²) in [4.78, 5) is 61.8. The van der Waals surface area contributed by atoms with Crippen LogP contribution in [0.3, 0.4) is 0 Å². The second kappa shape index (κ2) is 31.7. The summed E-state index contributed by atoms with van der Waals surface area (Å²) < 4.78 is 32.8. The lowest BCUT2D eigenvalue weighted by Crippen LogP contribution is -2.38. The summed E-state index contributed by atoms with van der Waals surface area (Å²) in [5.74, 6) is -0.378. The number of methoxy groups -OCH3 is 1. The third-order valence-electron chi connectivity index (χ3n) is 12.5. The minimum Gasteiger partial charge on any atom is -0.487 e. The van der Waals surface area contributed by atoms with E-state index in [4.69, 9.17) is 80.4 Å². The van der Waals surface area contributed by atoms with Crippen LogP contribution in [0.1, 0.15) is 47.8 Å². The van der Waals surface area contributed by atoms with Gasteiger partial charge in [0.15, 0.2) is 17.5 Å². The van der Waals surface area contributed by atoms with E-state index in [1.54, 1.807) is 54.6 Å². The van der Waals surface area contributed by atoms with Crippen LogP contribution in [0.5, 0.6) is 17.2 Å². The Bertz CT molecular complexity index is 3770. The summed E-state index contributed by atoms with van der Waals surface area (Å²) in [5, 5.41) is 19.4. The van der Waals surface area contributed by atoms with Gasteiger partial charge in [-0.15, -0.1) is 0 Å². The van der Waals surface area contributed by atoms with Crippen LogP contribution >= 0.6 is 34.8 Å². The Labute approximate surface area is 514 Å². The Balaban J connectivity index is 0.000000171. The van der Waals surface area contributed by atoms with Crippen LogP contribution in [0.4, 0.5) is 52.0 Å². The fourth-order valence-electron chi connectivity index (χ4n) is 8.06. The van der Waals surface area contributed by atoms with Gasteiger partial charge in [0.2, 0.25) is 0 Å². The van der Waals surface area contributed by atoms with Gasteiger partial charge in [0, 0.05) is 36.7 Å². The number of hydrogen-bond donors (Lipinski definition) is 7. The van der Waals surface area contributed by atoms with Gasteiger partial charge in [0.1, 0.15) is 96.8 Å². The first kappa shape index (κ1) is 63.0. The molecule has 6 aromatic carbocycles. The Morgan fingerprint density at radius 3 is 1.23 bits per heavy atom. The molecule has 3 aromatic heterocycles. The van der Waals surface area contributed by atoms with Crippen molar-refractivity contribution < 1.29 is 47.9 Å². The zero-order chi connectivity index (χ0) is 61.5. The van der Waals surface area contributed by atoms with Crippen molar-refractivity contribution in [2.24, 2.45) is 0 Å². The summed E-state index contributed by atoms with van der Waals surface area (Å²) >= 11 is 19.0. The van der Waals surface area contributed by atoms with Crippen LogP contribution in [0.2, 0.25) is 15.1 Å². The molecule has 9 aromatic rings. The summed E-state index contributed by atoms with van der Waals surface area (Å²) in [7, 11) is 1.26. The minimum absolute atomic E-state index is 0.0215. The number of ether oxygens (including phenoxy) is 6. The predicted octanol–water partition coefficient (Wildman–Crippen LogP) is 11.1. The Hall–Kier alpha value is -10.0. The Morgan fingerprint density at radius 2 is 0.874 bits per heavy atom. The molecule has 26 heteroatoms. The number of anilines is 9. The van der Waals surface area contributed by atoms with Crippen molar-refractivity contribution in [3.63, 3.8) is 0 Å². The van der Waals surface area contributed by atoms with E-state index in [1.165, 1.54) is 26.1 Å². The quantitative estimate of drug-likeness (QED) is 0.0329. The molecule has 0 unspecified atom stereocenters. The molecule has 0 radical (unpaired) electrons. The highest BCUT2D eigenvalue weighted by atomic mass is 35.5. The number of nitrogens with one attached hydrogen (secondary N) is 3. The van der Waals surface area contributed by atoms with Gasteiger partial charge in [0.25, 0.3) is 0 Å². The van der Waals surface area contributed by atoms with Crippen molar-refractivity contribution in [1.29, 1.82) is 0 Å². The lowest BCUT2D eigenvalue weighted by molar-refractivity contribution is 0.0196. The van der Waals surface area contributed by atoms with Crippen LogP contribution in [0, 0.1) is 0 Å². The number of morpholine rings is 1. The maximum Gasteiger partial charge on any atom is 0.345 e. The van der Waals surface area contributed by atoms with Crippen molar-refractivity contribution in [2.45, 2.75) is 19.8 Å². The van der Waals surface area contributed by atoms with E-state index < -0.39 is 17.9 Å². The molecule has 0 spiro atoms. The Kier molecular flexibility index (Phi) is 23.0. The van der Waals surface area contributed by atoms with Gasteiger partial charge in [-0.25, -0.2) is 44.3 Å². The van der Waals surface area contributed by atoms with Gasteiger partial charge < -0.3 is 66.7 Å². The van der Waals surface area contributed by atoms with Crippen molar-refractivity contribution in [1.82, 2.24) is 34.8 Å². The monoisotopic (exact) mass is 1240 g/mol. The number of nitrogen functional groups attached to an aromatic ring is 3. The summed E-state index contributed by atoms with van der Waals surface area (Å²) in [5.41, 5.74) is 22.1. The molecule has 0 aliphatic carbocycles. The first-order chi connectivity index (χ1) is 42.2. The number of carboxylic acid groups (broad SMARTS) is 1. The number of benzene rings is 6. The van der Waals surface area contributed by atoms with Crippen molar-refractivity contribution in [3.8, 4) is 17.2 Å². The number of carbonyl (C=O) groups is 3. The van der Waals surface area contributed by atoms with Gasteiger partial charge in [-0.05, 0) is 71.3 Å². The van der Waals surface area contributed by atoms with E-state index in [9.17, 15) is 19.5 Å². The average Bonchev–Trinajstić information content (AvgIpc) is 3.60. The molecular weight excluding hydrogens is 1180 g/mol. The molecule has 0 bridgehead atoms. The molecule has 10 N–H and O–H groups in total. The minimum atomic E-state index is -1.22. The molecule has 23 nitrogen and oxygen atoms in total. The first-order valence-electron chi connectivity index (χ1n) is 26.5. The zero-order valence-corrected chi connectivity index (χ0v) is 48.8. The highest BCUT2D eigenvalue weighted by molar-refractivity contribution is 6.33. The van der Waals surface area contributed by atoms with Crippen LogP contribution in [0.15, 0.2) is 165 Å². The number of esters is 2. The standard InChI is InChI=1S/C24H26ClN5O4.C19H17ClN4O3.C18H15ClN4O3/c25-19-14-18(6-7-20(19)34-15-17-4-2-1-3-5-17)29-23-21(22(26)27-16-28-23)24(31)33-13-10-30-8-11-32-12-9-30;1-26-19(25)16-17(21)22-11-23-18(16)24-13-7-8-15(14(20)9-13)27-10-12-5-3-2-4-6-12;19-13-8-12(23-17-15(18(24)25)16(20)21-10-22-17)6-7-14(13)26-9-11-4-2-1-3-5-11/h1-7,14,16H,8-13,15H2,(H3,26,27,28,29);2-9,11H,10H2,1H3,(H3,21,22,23,24);1-8,10H,9H2,(H,24,25)(H3,20,21,22,23). The maximum atomic E-state index is 12.7. The molecule has 1 saturated heterocycles. The van der Waals surface area contributed by atoms with Crippen LogP contribution in [0.25, 0.3) is 0 Å². The van der Waals surface area contributed by atoms with Gasteiger partial charge >= 0.3 is 17.9 Å². The number of carbonyl (C=O) groups excluding carboxylic acids is 2. The molecule has 1 aliphatic heterocycles. The van der Waals surface area contributed by atoms with Crippen molar-refractivity contribution in [2.75, 3.05) is 79.7 Å². The lowest BCUT2D eigenvalue weighted by atomic mass is 10.2. The number of nitrogens with zero attached hydrogens (tertiary/aromatic N) is 7. The molecular formula is C61H58Cl3N13O10. The second-order valence-corrected chi connectivity index (χ2v) is 19.7. The average molecular weight is 1240 g/mol. The fourth-order valence-corrected chi connectivity index (χ4v) is 8.77. The smallest absolute Gasteiger partial charge is 0.345 e. The zero-order valence-electron chi connectivity index (χ0n) is 46.6. The van der Waals surface area contributed by atoms with Gasteiger partial charge in [0.05, 0.1) is 35.4 Å². The number of carboxylic acids is 1. The van der Waals surface area contributed by atoms with E-state index in [1.807, 2.05) is 91.0 Å². The number of aromatic nitrogens is 6.